The molecule has 0 aromatic heterocycles. The topological polar surface area (TPSA) is 95.0 Å². The van der Waals surface area contributed by atoms with Crippen LogP contribution in [0.15, 0.2) is 84.4 Å². The molecule has 1 N–H and O–H groups in total. The summed E-state index contributed by atoms with van der Waals surface area (Å²) < 4.78 is 0. The molecule has 3 fully saturated rings. The molecule has 8 heteroatoms. The lowest BCUT2D eigenvalue weighted by atomic mass is 9.51. The van der Waals surface area contributed by atoms with E-state index in [1.165, 1.54) is 9.80 Å². The maximum atomic E-state index is 14.4. The van der Waals surface area contributed by atoms with Crippen molar-refractivity contribution in [3.63, 3.8) is 0 Å². The molecule has 4 amide bonds. The van der Waals surface area contributed by atoms with Gasteiger partial charge in [-0.05, 0) is 74.6 Å². The first kappa shape index (κ1) is 26.7. The maximum Gasteiger partial charge on any atom is 0.241 e. The van der Waals surface area contributed by atoms with Crippen molar-refractivity contribution in [2.45, 2.75) is 32.6 Å². The number of benzene rings is 3. The molecule has 2 saturated heterocycles. The zero-order chi connectivity index (χ0) is 29.5. The van der Waals surface area contributed by atoms with Gasteiger partial charge in [0, 0.05) is 16.5 Å². The summed E-state index contributed by atoms with van der Waals surface area (Å²) in [5, 5.41) is 11.8. The second-order valence-electron chi connectivity index (χ2n) is 12.0. The Hall–Kier alpha value is -4.23. The Labute approximate surface area is 248 Å². The van der Waals surface area contributed by atoms with Crippen LogP contribution >= 0.6 is 11.6 Å². The first-order valence-electron chi connectivity index (χ1n) is 14.2. The number of allylic oxidation sites excluding steroid dienone is 2. The Bertz CT molecular complexity index is 1700. The van der Waals surface area contributed by atoms with Gasteiger partial charge in [-0.1, -0.05) is 59.6 Å². The Morgan fingerprint density at radius 3 is 2.21 bits per heavy atom. The second kappa shape index (κ2) is 9.39. The van der Waals surface area contributed by atoms with Crippen LogP contribution in [0.25, 0.3) is 0 Å². The van der Waals surface area contributed by atoms with Crippen LogP contribution in [0.5, 0.6) is 5.75 Å². The van der Waals surface area contributed by atoms with E-state index in [4.69, 9.17) is 11.6 Å². The van der Waals surface area contributed by atoms with Gasteiger partial charge < -0.3 is 5.11 Å². The largest absolute Gasteiger partial charge is 0.507 e. The number of carbonyl (C=O) groups is 4. The normalized spacial score (nSPS) is 30.3. The Balaban J connectivity index is 1.38. The molecular weight excluding hydrogens is 552 g/mol. The SMILES string of the molecule is Cc1cccc([C@H]2C3=CC[C@@H]4C(=O)N(c5ccc(Cl)cc5)C(=O)[C@@H]4[C@@H]3C[C@H]3C(=O)N(c4ccccc4)C(=O)[C@@]23C)c1O. The number of para-hydroxylation sites is 2. The number of rotatable bonds is 3. The monoisotopic (exact) mass is 580 g/mol. The highest BCUT2D eigenvalue weighted by molar-refractivity contribution is 6.31. The summed E-state index contributed by atoms with van der Waals surface area (Å²) in [6.07, 6.45) is 2.58. The quantitative estimate of drug-likeness (QED) is 0.313. The van der Waals surface area contributed by atoms with Crippen LogP contribution < -0.4 is 9.80 Å². The zero-order valence-corrected chi connectivity index (χ0v) is 23.9. The number of amides is 4. The van der Waals surface area contributed by atoms with E-state index in [0.29, 0.717) is 33.9 Å². The standard InChI is InChI=1S/C34H29ClN2O5/c1-18-7-6-10-24(29(18)38)28-22-15-16-23-27(32(41)36(30(23)39)21-13-11-19(35)12-14-21)25(22)17-26-31(40)37(33(42)34(26,28)2)20-8-4-3-5-9-20/h3-15,23,25-28,38H,16-17H2,1-2H3/t23-,25+,26-,27-,28+,34+/m0/s1. The van der Waals surface area contributed by atoms with Gasteiger partial charge >= 0.3 is 0 Å². The molecule has 3 aromatic carbocycles. The third kappa shape index (κ3) is 3.52. The van der Waals surface area contributed by atoms with Gasteiger partial charge in [0.05, 0.1) is 34.5 Å². The summed E-state index contributed by atoms with van der Waals surface area (Å²) in [7, 11) is 0. The highest BCUT2D eigenvalue weighted by atomic mass is 35.5. The van der Waals surface area contributed by atoms with Gasteiger partial charge in [-0.2, -0.15) is 0 Å². The van der Waals surface area contributed by atoms with Gasteiger partial charge in [-0.25, -0.2) is 4.90 Å². The molecule has 0 bridgehead atoms. The number of aromatic hydroxyl groups is 1. The van der Waals surface area contributed by atoms with Gasteiger partial charge in [-0.3, -0.25) is 24.1 Å². The van der Waals surface area contributed by atoms with Crippen molar-refractivity contribution in [3.8, 4) is 5.75 Å². The van der Waals surface area contributed by atoms with Crippen molar-refractivity contribution < 1.29 is 24.3 Å². The van der Waals surface area contributed by atoms with E-state index in [0.717, 1.165) is 5.57 Å². The number of aryl methyl sites for hydroxylation is 1. The lowest BCUT2D eigenvalue weighted by Gasteiger charge is -2.49. The molecule has 6 atom stereocenters. The van der Waals surface area contributed by atoms with Crippen molar-refractivity contribution in [2.75, 3.05) is 9.80 Å². The van der Waals surface area contributed by atoms with Crippen LogP contribution in [0.4, 0.5) is 11.4 Å². The van der Waals surface area contributed by atoms with Gasteiger partial charge in [0.15, 0.2) is 0 Å². The van der Waals surface area contributed by atoms with Crippen molar-refractivity contribution in [2.24, 2.45) is 29.1 Å². The van der Waals surface area contributed by atoms with E-state index in [1.807, 2.05) is 25.1 Å². The average Bonchev–Trinajstić information content (AvgIpc) is 3.35. The fraction of sp³-hybridized carbons (Fsp3) is 0.294. The number of imide groups is 2. The molecule has 7 nitrogen and oxygen atoms in total. The Morgan fingerprint density at radius 1 is 0.810 bits per heavy atom. The summed E-state index contributed by atoms with van der Waals surface area (Å²) in [6.45, 7) is 3.61. The van der Waals surface area contributed by atoms with Crippen LogP contribution in [-0.2, 0) is 19.2 Å². The number of phenols is 1. The molecule has 2 heterocycles. The van der Waals surface area contributed by atoms with E-state index in [-0.39, 0.29) is 35.8 Å². The molecule has 0 spiro atoms. The van der Waals surface area contributed by atoms with E-state index in [9.17, 15) is 24.3 Å². The Morgan fingerprint density at radius 2 is 1.50 bits per heavy atom. The fourth-order valence-electron chi connectivity index (χ4n) is 7.94. The third-order valence-corrected chi connectivity index (χ3v) is 10.2. The summed E-state index contributed by atoms with van der Waals surface area (Å²) in [5.74, 6) is -4.26. The molecule has 3 aromatic rings. The number of hydrogen-bond acceptors (Lipinski definition) is 5. The number of hydrogen-bond donors (Lipinski definition) is 1. The molecule has 2 aliphatic heterocycles. The van der Waals surface area contributed by atoms with Crippen molar-refractivity contribution in [1.82, 2.24) is 0 Å². The van der Waals surface area contributed by atoms with Gasteiger partial charge in [0.1, 0.15) is 5.75 Å². The number of nitrogens with zero attached hydrogens (tertiary/aromatic N) is 2. The number of anilines is 2. The van der Waals surface area contributed by atoms with Crippen LogP contribution in [-0.4, -0.2) is 28.7 Å². The maximum absolute atomic E-state index is 14.4. The van der Waals surface area contributed by atoms with Crippen molar-refractivity contribution in [1.29, 1.82) is 0 Å². The number of halogens is 1. The van der Waals surface area contributed by atoms with E-state index >= 15 is 0 Å². The minimum atomic E-state index is -1.20. The summed E-state index contributed by atoms with van der Waals surface area (Å²) in [4.78, 5) is 58.8. The molecule has 212 valence electrons. The highest BCUT2D eigenvalue weighted by Gasteiger charge is 2.68. The van der Waals surface area contributed by atoms with E-state index in [1.54, 1.807) is 67.6 Å². The minimum absolute atomic E-state index is 0.0705. The summed E-state index contributed by atoms with van der Waals surface area (Å²) in [6, 6.07) is 20.9. The minimum Gasteiger partial charge on any atom is -0.507 e. The predicted molar refractivity (Wildman–Crippen MR) is 158 cm³/mol. The third-order valence-electron chi connectivity index (χ3n) is 9.95. The first-order valence-corrected chi connectivity index (χ1v) is 14.6. The van der Waals surface area contributed by atoms with Crippen molar-refractivity contribution in [3.05, 3.63) is 101 Å². The van der Waals surface area contributed by atoms with Crippen LogP contribution in [0.3, 0.4) is 0 Å². The smallest absolute Gasteiger partial charge is 0.241 e. The number of phenolic OH excluding ortho intramolecular Hbond substituents is 1. The lowest BCUT2D eigenvalue weighted by molar-refractivity contribution is -0.131. The molecule has 42 heavy (non-hydrogen) atoms. The predicted octanol–water partition coefficient (Wildman–Crippen LogP) is 5.79. The molecule has 0 radical (unpaired) electrons. The first-order chi connectivity index (χ1) is 20.1. The molecule has 4 aliphatic rings. The molecule has 7 rings (SSSR count). The second-order valence-corrected chi connectivity index (χ2v) is 12.4. The van der Waals surface area contributed by atoms with E-state index < -0.39 is 35.0 Å². The van der Waals surface area contributed by atoms with Crippen LogP contribution in [0.2, 0.25) is 5.02 Å². The number of fused-ring (bicyclic) bond motifs is 4. The number of carbonyl (C=O) groups excluding carboxylic acids is 4. The fourth-order valence-corrected chi connectivity index (χ4v) is 8.07. The molecule has 1 saturated carbocycles. The molecule has 2 aliphatic carbocycles. The highest BCUT2D eigenvalue weighted by Crippen LogP contribution is 2.64. The van der Waals surface area contributed by atoms with Gasteiger partial charge in [0.25, 0.3) is 0 Å². The zero-order valence-electron chi connectivity index (χ0n) is 23.2. The van der Waals surface area contributed by atoms with Gasteiger partial charge in [0.2, 0.25) is 23.6 Å². The summed E-state index contributed by atoms with van der Waals surface area (Å²) >= 11 is 6.07. The van der Waals surface area contributed by atoms with E-state index in [2.05, 4.69) is 0 Å². The summed E-state index contributed by atoms with van der Waals surface area (Å²) in [5.41, 5.74) is 1.80. The van der Waals surface area contributed by atoms with Gasteiger partial charge in [-0.15, -0.1) is 0 Å². The van der Waals surface area contributed by atoms with Crippen LogP contribution in [0, 0.1) is 36.0 Å². The lowest BCUT2D eigenvalue weighted by Crippen LogP contribution is -2.49. The van der Waals surface area contributed by atoms with Crippen LogP contribution in [0.1, 0.15) is 36.8 Å². The van der Waals surface area contributed by atoms with Crippen molar-refractivity contribution >= 4 is 46.6 Å². The molecular formula is C34H29ClN2O5. The molecule has 0 unspecified atom stereocenters. The average molecular weight is 581 g/mol. The Kier molecular flexibility index (Phi) is 5.96.